The van der Waals surface area contributed by atoms with Crippen LogP contribution in [0.15, 0.2) is 58.5 Å². The van der Waals surface area contributed by atoms with Crippen molar-refractivity contribution in [3.05, 3.63) is 77.8 Å². The summed E-state index contributed by atoms with van der Waals surface area (Å²) in [7, 11) is 0. The van der Waals surface area contributed by atoms with E-state index in [1.54, 1.807) is 17.6 Å². The van der Waals surface area contributed by atoms with Crippen molar-refractivity contribution in [1.29, 1.82) is 0 Å². The molecular weight excluding hydrogens is 304 g/mol. The van der Waals surface area contributed by atoms with Crippen LogP contribution in [0.5, 0.6) is 0 Å². The van der Waals surface area contributed by atoms with Crippen LogP contribution in [-0.4, -0.2) is 9.97 Å². The molecule has 0 atom stereocenters. The van der Waals surface area contributed by atoms with Crippen molar-refractivity contribution in [3.63, 3.8) is 0 Å². The quantitative estimate of drug-likeness (QED) is 0.524. The maximum Gasteiger partial charge on any atom is 0.130 e. The Hall–Kier alpha value is -2.46. The molecule has 4 heteroatoms. The second kappa shape index (κ2) is 5.97. The topological polar surface area (TPSA) is 38.9 Å². The van der Waals surface area contributed by atoms with Gasteiger partial charge in [0.05, 0.1) is 18.4 Å². The van der Waals surface area contributed by atoms with Crippen LogP contribution in [0.2, 0.25) is 0 Å². The summed E-state index contributed by atoms with van der Waals surface area (Å²) in [6, 6.07) is 14.2. The number of aryl methyl sites for hydroxylation is 1. The van der Waals surface area contributed by atoms with Crippen molar-refractivity contribution < 1.29 is 4.42 Å². The molecule has 0 spiro atoms. The molecule has 0 unspecified atom stereocenters. The lowest BCUT2D eigenvalue weighted by Gasteiger charge is -2.06. The summed E-state index contributed by atoms with van der Waals surface area (Å²) in [6.45, 7) is 2.07. The number of aromatic nitrogens is 2. The molecule has 0 amide bonds. The van der Waals surface area contributed by atoms with Crippen LogP contribution in [-0.2, 0) is 6.42 Å². The van der Waals surface area contributed by atoms with E-state index in [0.717, 1.165) is 33.9 Å². The van der Waals surface area contributed by atoms with Gasteiger partial charge in [-0.2, -0.15) is 0 Å². The molecule has 113 valence electrons. The predicted octanol–water partition coefficient (Wildman–Crippen LogP) is 5.11. The second-order valence-corrected chi connectivity index (χ2v) is 6.09. The Morgan fingerprint density at radius 2 is 1.96 bits per heavy atom. The molecule has 3 nitrogen and oxygen atoms in total. The van der Waals surface area contributed by atoms with Crippen molar-refractivity contribution in [2.75, 3.05) is 0 Å². The average molecular weight is 319 g/mol. The smallest absolute Gasteiger partial charge is 0.130 e. The molecule has 4 rings (SSSR count). The molecule has 1 aromatic carbocycles. The van der Waals surface area contributed by atoms with Crippen molar-refractivity contribution in [2.45, 2.75) is 13.3 Å². The van der Waals surface area contributed by atoms with Gasteiger partial charge in [-0.25, -0.2) is 9.97 Å². The Morgan fingerprint density at radius 1 is 1.09 bits per heavy atom. The Balaban J connectivity index is 1.92. The van der Waals surface area contributed by atoms with Gasteiger partial charge in [0, 0.05) is 22.8 Å². The molecule has 0 fully saturated rings. The normalized spacial score (nSPS) is 11.2. The van der Waals surface area contributed by atoms with Crippen LogP contribution < -0.4 is 0 Å². The average Bonchev–Trinajstić information content (AvgIpc) is 3.25. The minimum absolute atomic E-state index is 0.803. The molecule has 0 saturated heterocycles. The molecule has 0 aliphatic heterocycles. The first kappa shape index (κ1) is 14.2. The van der Waals surface area contributed by atoms with Crippen LogP contribution in [0, 0.1) is 6.42 Å². The van der Waals surface area contributed by atoms with Gasteiger partial charge >= 0.3 is 0 Å². The third-order valence-corrected chi connectivity index (χ3v) is 4.60. The van der Waals surface area contributed by atoms with Gasteiger partial charge in [-0.1, -0.05) is 37.3 Å². The van der Waals surface area contributed by atoms with E-state index in [-0.39, 0.29) is 0 Å². The fourth-order valence-electron chi connectivity index (χ4n) is 2.62. The van der Waals surface area contributed by atoms with Gasteiger partial charge in [0.2, 0.25) is 0 Å². The summed E-state index contributed by atoms with van der Waals surface area (Å²) in [5.41, 5.74) is 3.27. The highest BCUT2D eigenvalue weighted by atomic mass is 32.1. The van der Waals surface area contributed by atoms with Gasteiger partial charge in [-0.05, 0) is 17.7 Å². The minimum atomic E-state index is 0.803. The van der Waals surface area contributed by atoms with E-state index >= 15 is 0 Å². The first-order valence-corrected chi connectivity index (χ1v) is 8.45. The largest absolute Gasteiger partial charge is 0.469 e. The van der Waals surface area contributed by atoms with Gasteiger partial charge < -0.3 is 4.42 Å². The molecule has 1 radical (unpaired) electrons. The molecule has 3 heterocycles. The SMILES string of the molecule is CCc1nc([CH]c2ccco2)c2c(-c3ccccc3)csc2n1. The molecular formula is C19H15N2OS. The summed E-state index contributed by atoms with van der Waals surface area (Å²) in [5, 5.41) is 3.25. The van der Waals surface area contributed by atoms with Gasteiger partial charge in [-0.15, -0.1) is 11.3 Å². The molecule has 23 heavy (non-hydrogen) atoms. The number of furan rings is 1. The van der Waals surface area contributed by atoms with E-state index in [1.165, 1.54) is 11.1 Å². The van der Waals surface area contributed by atoms with E-state index in [9.17, 15) is 0 Å². The second-order valence-electron chi connectivity index (χ2n) is 5.23. The maximum atomic E-state index is 5.47. The van der Waals surface area contributed by atoms with Crippen molar-refractivity contribution in [2.24, 2.45) is 0 Å². The van der Waals surface area contributed by atoms with Crippen LogP contribution in [0.4, 0.5) is 0 Å². The molecule has 4 aromatic rings. The van der Waals surface area contributed by atoms with Gasteiger partial charge in [0.25, 0.3) is 0 Å². The highest BCUT2D eigenvalue weighted by Gasteiger charge is 2.16. The lowest BCUT2D eigenvalue weighted by atomic mass is 10.0. The van der Waals surface area contributed by atoms with Gasteiger partial charge in [0.15, 0.2) is 0 Å². The van der Waals surface area contributed by atoms with E-state index < -0.39 is 0 Å². The number of hydrogen-bond donors (Lipinski definition) is 0. The highest BCUT2D eigenvalue weighted by molar-refractivity contribution is 7.17. The number of rotatable bonds is 4. The lowest BCUT2D eigenvalue weighted by Crippen LogP contribution is -1.99. The maximum absolute atomic E-state index is 5.47. The zero-order valence-electron chi connectivity index (χ0n) is 12.7. The Kier molecular flexibility index (Phi) is 3.67. The molecule has 3 aromatic heterocycles. The Morgan fingerprint density at radius 3 is 2.70 bits per heavy atom. The first-order valence-electron chi connectivity index (χ1n) is 7.57. The van der Waals surface area contributed by atoms with E-state index in [2.05, 4.69) is 41.6 Å². The molecule has 0 aliphatic rings. The molecule has 0 saturated carbocycles. The molecule has 0 N–H and O–H groups in total. The van der Waals surface area contributed by atoms with E-state index in [0.29, 0.717) is 0 Å². The zero-order chi connectivity index (χ0) is 15.6. The summed E-state index contributed by atoms with van der Waals surface area (Å²) < 4.78 is 5.47. The van der Waals surface area contributed by atoms with Crippen LogP contribution >= 0.6 is 11.3 Å². The molecule has 0 bridgehead atoms. The van der Waals surface area contributed by atoms with Crippen LogP contribution in [0.25, 0.3) is 21.3 Å². The van der Waals surface area contributed by atoms with Crippen LogP contribution in [0.3, 0.4) is 0 Å². The Bertz CT molecular complexity index is 927. The number of nitrogens with zero attached hydrogens (tertiary/aromatic N) is 2. The fourth-order valence-corrected chi connectivity index (χ4v) is 3.59. The summed E-state index contributed by atoms with van der Waals surface area (Å²) >= 11 is 1.66. The summed E-state index contributed by atoms with van der Waals surface area (Å²) in [5.74, 6) is 1.66. The van der Waals surface area contributed by atoms with Crippen LogP contribution in [0.1, 0.15) is 24.2 Å². The third kappa shape index (κ3) is 2.66. The van der Waals surface area contributed by atoms with E-state index in [4.69, 9.17) is 9.40 Å². The standard InChI is InChI=1S/C19H15N2OS/c1-2-17-20-16(11-14-9-6-10-22-14)18-15(12-23-19(18)21-17)13-7-4-3-5-8-13/h3-12H,2H2,1H3. The van der Waals surface area contributed by atoms with Gasteiger partial charge in [0.1, 0.15) is 16.4 Å². The lowest BCUT2D eigenvalue weighted by molar-refractivity contribution is 0.542. The summed E-state index contributed by atoms with van der Waals surface area (Å²) in [4.78, 5) is 10.4. The Labute approximate surface area is 138 Å². The zero-order valence-corrected chi connectivity index (χ0v) is 13.5. The van der Waals surface area contributed by atoms with Crippen molar-refractivity contribution >= 4 is 21.6 Å². The minimum Gasteiger partial charge on any atom is -0.469 e. The fraction of sp³-hybridized carbons (Fsp3) is 0.105. The number of benzene rings is 1. The summed E-state index contributed by atoms with van der Waals surface area (Å²) in [6.07, 6.45) is 4.48. The van der Waals surface area contributed by atoms with Gasteiger partial charge in [-0.3, -0.25) is 0 Å². The first-order chi connectivity index (χ1) is 11.3. The van der Waals surface area contributed by atoms with Crippen molar-refractivity contribution in [3.8, 4) is 11.1 Å². The number of thiophene rings is 1. The van der Waals surface area contributed by atoms with E-state index in [1.807, 2.05) is 24.6 Å². The highest BCUT2D eigenvalue weighted by Crippen LogP contribution is 2.36. The monoisotopic (exact) mass is 319 g/mol. The third-order valence-electron chi connectivity index (χ3n) is 3.73. The molecule has 0 aliphatic carbocycles. The number of fused-ring (bicyclic) bond motifs is 1. The van der Waals surface area contributed by atoms with Crippen molar-refractivity contribution in [1.82, 2.24) is 9.97 Å². The number of hydrogen-bond acceptors (Lipinski definition) is 4. The predicted molar refractivity (Wildman–Crippen MR) is 93.4 cm³/mol.